The number of hydrogen-bond donors (Lipinski definition) is 1. The van der Waals surface area contributed by atoms with Gasteiger partial charge in [0.05, 0.1) is 7.11 Å². The summed E-state index contributed by atoms with van der Waals surface area (Å²) in [5, 5.41) is 3.15. The standard InChI is InChI=1S/C16H20N4O3S/c1-23-16-7-4-13(11-19-16)10-17-15-6-5-14(12-18-15)24(21,22)20-8-2-3-9-20/h4-7,11-12H,2-3,8-10H2,1H3,(H,17,18). The molecule has 1 aliphatic rings. The summed E-state index contributed by atoms with van der Waals surface area (Å²) in [6.07, 6.45) is 4.96. The number of anilines is 1. The third kappa shape index (κ3) is 3.65. The maximum atomic E-state index is 12.4. The van der Waals surface area contributed by atoms with Crippen LogP contribution in [0.1, 0.15) is 18.4 Å². The second-order valence-electron chi connectivity index (χ2n) is 5.55. The number of nitrogens with zero attached hydrogens (tertiary/aromatic N) is 3. The molecule has 2 aromatic heterocycles. The van der Waals surface area contributed by atoms with Crippen molar-refractivity contribution in [3.8, 4) is 5.88 Å². The Morgan fingerprint density at radius 1 is 1.12 bits per heavy atom. The summed E-state index contributed by atoms with van der Waals surface area (Å²) in [7, 11) is -1.84. The van der Waals surface area contributed by atoms with Crippen molar-refractivity contribution in [3.63, 3.8) is 0 Å². The fraction of sp³-hybridized carbons (Fsp3) is 0.375. The zero-order chi connectivity index (χ0) is 17.0. The summed E-state index contributed by atoms with van der Waals surface area (Å²) in [4.78, 5) is 8.57. The monoisotopic (exact) mass is 348 g/mol. The Hall–Kier alpha value is -2.19. The normalized spacial score (nSPS) is 15.4. The number of aromatic nitrogens is 2. The molecule has 0 amide bonds. The summed E-state index contributed by atoms with van der Waals surface area (Å²) in [5.41, 5.74) is 0.978. The Kier molecular flexibility index (Phi) is 4.96. The molecule has 0 saturated carbocycles. The van der Waals surface area contributed by atoms with E-state index in [1.165, 1.54) is 10.5 Å². The van der Waals surface area contributed by atoms with E-state index in [9.17, 15) is 8.42 Å². The molecule has 128 valence electrons. The van der Waals surface area contributed by atoms with Crippen LogP contribution in [-0.2, 0) is 16.6 Å². The van der Waals surface area contributed by atoms with E-state index in [4.69, 9.17) is 4.74 Å². The van der Waals surface area contributed by atoms with Gasteiger partial charge in [-0.15, -0.1) is 0 Å². The first-order valence-corrected chi connectivity index (χ1v) is 9.22. The van der Waals surface area contributed by atoms with Crippen molar-refractivity contribution in [2.45, 2.75) is 24.3 Å². The average Bonchev–Trinajstić information content (AvgIpc) is 3.16. The first-order chi connectivity index (χ1) is 11.6. The second-order valence-corrected chi connectivity index (χ2v) is 7.49. The molecule has 0 spiro atoms. The van der Waals surface area contributed by atoms with Gasteiger partial charge in [0.15, 0.2) is 0 Å². The highest BCUT2D eigenvalue weighted by atomic mass is 32.2. The van der Waals surface area contributed by atoms with Crippen molar-refractivity contribution in [2.24, 2.45) is 0 Å². The van der Waals surface area contributed by atoms with E-state index in [0.29, 0.717) is 31.3 Å². The molecule has 1 aliphatic heterocycles. The number of hydrogen-bond acceptors (Lipinski definition) is 6. The van der Waals surface area contributed by atoms with Crippen molar-refractivity contribution in [3.05, 3.63) is 42.2 Å². The fourth-order valence-electron chi connectivity index (χ4n) is 2.54. The lowest BCUT2D eigenvalue weighted by Gasteiger charge is -2.15. The molecule has 0 aromatic carbocycles. The van der Waals surface area contributed by atoms with Gasteiger partial charge in [-0.05, 0) is 30.5 Å². The lowest BCUT2D eigenvalue weighted by molar-refractivity contribution is 0.397. The largest absolute Gasteiger partial charge is 0.481 e. The first kappa shape index (κ1) is 16.7. The zero-order valence-corrected chi connectivity index (χ0v) is 14.3. The third-order valence-electron chi connectivity index (χ3n) is 3.92. The van der Waals surface area contributed by atoms with Gasteiger partial charge in [0.25, 0.3) is 0 Å². The van der Waals surface area contributed by atoms with Crippen molar-refractivity contribution in [1.29, 1.82) is 0 Å². The number of rotatable bonds is 6. The highest BCUT2D eigenvalue weighted by molar-refractivity contribution is 7.89. The summed E-state index contributed by atoms with van der Waals surface area (Å²) in [6, 6.07) is 6.97. The van der Waals surface area contributed by atoms with Crippen molar-refractivity contribution >= 4 is 15.8 Å². The van der Waals surface area contributed by atoms with Gasteiger partial charge in [0, 0.05) is 38.1 Å². The van der Waals surface area contributed by atoms with Crippen LogP contribution in [0.4, 0.5) is 5.82 Å². The minimum absolute atomic E-state index is 0.237. The molecule has 1 N–H and O–H groups in total. The molecule has 2 aromatic rings. The molecule has 1 fully saturated rings. The molecule has 0 aliphatic carbocycles. The Labute approximate surface area is 141 Å². The van der Waals surface area contributed by atoms with Gasteiger partial charge in [-0.1, -0.05) is 6.07 Å². The van der Waals surface area contributed by atoms with Gasteiger partial charge >= 0.3 is 0 Å². The topological polar surface area (TPSA) is 84.4 Å². The summed E-state index contributed by atoms with van der Waals surface area (Å²) in [5.74, 6) is 1.18. The van der Waals surface area contributed by atoms with Crippen LogP contribution < -0.4 is 10.1 Å². The molecule has 24 heavy (non-hydrogen) atoms. The molecule has 8 heteroatoms. The average molecular weight is 348 g/mol. The summed E-state index contributed by atoms with van der Waals surface area (Å²) >= 11 is 0. The van der Waals surface area contributed by atoms with Crippen LogP contribution >= 0.6 is 0 Å². The van der Waals surface area contributed by atoms with Gasteiger partial charge in [0.1, 0.15) is 10.7 Å². The van der Waals surface area contributed by atoms with Crippen molar-refractivity contribution in [2.75, 3.05) is 25.5 Å². The second kappa shape index (κ2) is 7.14. The molecule has 0 unspecified atom stereocenters. The Morgan fingerprint density at radius 3 is 2.50 bits per heavy atom. The number of nitrogens with one attached hydrogen (secondary N) is 1. The predicted octanol–water partition coefficient (Wildman–Crippen LogP) is 1.88. The first-order valence-electron chi connectivity index (χ1n) is 7.78. The molecular weight excluding hydrogens is 328 g/mol. The summed E-state index contributed by atoms with van der Waals surface area (Å²) in [6.45, 7) is 1.72. The fourth-order valence-corrected chi connectivity index (χ4v) is 4.01. The maximum absolute atomic E-state index is 12.4. The van der Waals surface area contributed by atoms with E-state index in [2.05, 4.69) is 15.3 Å². The van der Waals surface area contributed by atoms with Crippen LogP contribution in [-0.4, -0.2) is 42.9 Å². The van der Waals surface area contributed by atoms with Crippen LogP contribution in [0.3, 0.4) is 0 Å². The molecule has 7 nitrogen and oxygen atoms in total. The molecule has 3 heterocycles. The molecular formula is C16H20N4O3S. The van der Waals surface area contributed by atoms with Crippen molar-refractivity contribution < 1.29 is 13.2 Å². The number of sulfonamides is 1. The van der Waals surface area contributed by atoms with Crippen LogP contribution in [0.2, 0.25) is 0 Å². The zero-order valence-electron chi connectivity index (χ0n) is 13.5. The Balaban J connectivity index is 1.63. The van der Waals surface area contributed by atoms with E-state index in [1.807, 2.05) is 6.07 Å². The van der Waals surface area contributed by atoms with Crippen LogP contribution in [0, 0.1) is 0 Å². The van der Waals surface area contributed by atoms with Gasteiger partial charge in [-0.2, -0.15) is 4.31 Å². The van der Waals surface area contributed by atoms with E-state index in [-0.39, 0.29) is 4.90 Å². The Morgan fingerprint density at radius 2 is 1.92 bits per heavy atom. The third-order valence-corrected chi connectivity index (χ3v) is 5.80. The number of ether oxygens (including phenoxy) is 1. The predicted molar refractivity (Wildman–Crippen MR) is 90.3 cm³/mol. The molecule has 0 atom stereocenters. The van der Waals surface area contributed by atoms with Gasteiger partial charge in [-0.25, -0.2) is 18.4 Å². The quantitative estimate of drug-likeness (QED) is 0.858. The molecule has 0 radical (unpaired) electrons. The Bertz CT molecular complexity index is 770. The molecule has 1 saturated heterocycles. The highest BCUT2D eigenvalue weighted by Gasteiger charge is 2.27. The minimum atomic E-state index is -3.41. The van der Waals surface area contributed by atoms with Crippen molar-refractivity contribution in [1.82, 2.24) is 14.3 Å². The lowest BCUT2D eigenvalue weighted by atomic mass is 10.3. The van der Waals surface area contributed by atoms with E-state index >= 15 is 0 Å². The smallest absolute Gasteiger partial charge is 0.244 e. The van der Waals surface area contributed by atoms with Gasteiger partial charge in [0.2, 0.25) is 15.9 Å². The lowest BCUT2D eigenvalue weighted by Crippen LogP contribution is -2.27. The van der Waals surface area contributed by atoms with E-state index in [0.717, 1.165) is 18.4 Å². The van der Waals surface area contributed by atoms with Gasteiger partial charge in [-0.3, -0.25) is 0 Å². The van der Waals surface area contributed by atoms with Crippen LogP contribution in [0.15, 0.2) is 41.6 Å². The van der Waals surface area contributed by atoms with E-state index in [1.54, 1.807) is 31.5 Å². The van der Waals surface area contributed by atoms with Crippen LogP contribution in [0.5, 0.6) is 5.88 Å². The summed E-state index contributed by atoms with van der Waals surface area (Å²) < 4.78 is 31.4. The maximum Gasteiger partial charge on any atom is 0.244 e. The molecule has 3 rings (SSSR count). The number of pyridine rings is 2. The SMILES string of the molecule is COc1ccc(CNc2ccc(S(=O)(=O)N3CCCC3)cn2)cn1. The molecule has 0 bridgehead atoms. The number of methoxy groups -OCH3 is 1. The van der Waals surface area contributed by atoms with E-state index < -0.39 is 10.0 Å². The van der Waals surface area contributed by atoms with Crippen LogP contribution in [0.25, 0.3) is 0 Å². The highest BCUT2D eigenvalue weighted by Crippen LogP contribution is 2.21. The minimum Gasteiger partial charge on any atom is -0.481 e. The van der Waals surface area contributed by atoms with Gasteiger partial charge < -0.3 is 10.1 Å².